The number of phenols is 1. The van der Waals surface area contributed by atoms with Gasteiger partial charge in [0, 0.05) is 24.0 Å². The summed E-state index contributed by atoms with van der Waals surface area (Å²) in [6.45, 7) is 3.47. The van der Waals surface area contributed by atoms with Crippen LogP contribution in [0.1, 0.15) is 19.8 Å². The highest BCUT2D eigenvalue weighted by molar-refractivity contribution is 5.87. The third-order valence-corrected chi connectivity index (χ3v) is 5.17. The summed E-state index contributed by atoms with van der Waals surface area (Å²) in [5.74, 6) is -0.0686. The van der Waals surface area contributed by atoms with E-state index in [4.69, 9.17) is 4.74 Å². The van der Waals surface area contributed by atoms with Gasteiger partial charge in [0.05, 0.1) is 23.8 Å². The Balaban J connectivity index is 1.51. The number of carbonyl (C=O) groups excluding carboxylic acids is 1. The number of aromatic hydroxyl groups is 1. The van der Waals surface area contributed by atoms with Crippen LogP contribution in [-0.4, -0.2) is 40.7 Å². The molecule has 7 heteroatoms. The summed E-state index contributed by atoms with van der Waals surface area (Å²) in [5.41, 5.74) is 1.80. The van der Waals surface area contributed by atoms with Crippen molar-refractivity contribution in [2.75, 3.05) is 24.6 Å². The number of benzene rings is 1. The minimum absolute atomic E-state index is 0.0944. The maximum atomic E-state index is 14.7. The zero-order valence-electron chi connectivity index (χ0n) is 15.6. The number of hydrogen-bond acceptors (Lipinski definition) is 5. The number of fused-ring (bicyclic) bond motifs is 1. The molecule has 2 N–H and O–H groups in total. The average Bonchev–Trinajstić information content (AvgIpc) is 3.11. The molecule has 2 aromatic heterocycles. The van der Waals surface area contributed by atoms with Gasteiger partial charge in [-0.05, 0) is 56.2 Å². The molecule has 1 aromatic carbocycles. The summed E-state index contributed by atoms with van der Waals surface area (Å²) in [5, 5.41) is 10.4. The second-order valence-corrected chi connectivity index (χ2v) is 6.98. The summed E-state index contributed by atoms with van der Waals surface area (Å²) in [4.78, 5) is 21.1. The molecule has 6 nitrogen and oxygen atoms in total. The van der Waals surface area contributed by atoms with Gasteiger partial charge in [-0.3, -0.25) is 4.79 Å². The highest BCUT2D eigenvalue weighted by Gasteiger charge is 2.27. The summed E-state index contributed by atoms with van der Waals surface area (Å²) >= 11 is 0. The zero-order chi connectivity index (χ0) is 19.7. The summed E-state index contributed by atoms with van der Waals surface area (Å²) in [6.07, 6.45) is 1.35. The van der Waals surface area contributed by atoms with E-state index in [2.05, 4.69) is 9.97 Å². The number of nitrogens with zero attached hydrogens (tertiary/aromatic N) is 2. The Morgan fingerprint density at radius 1 is 1.29 bits per heavy atom. The smallest absolute Gasteiger partial charge is 0.309 e. The number of halogens is 1. The predicted octanol–water partition coefficient (Wildman–Crippen LogP) is 3.85. The second kappa shape index (κ2) is 7.50. The van der Waals surface area contributed by atoms with E-state index >= 15 is 0 Å². The van der Waals surface area contributed by atoms with Gasteiger partial charge in [-0.2, -0.15) is 4.39 Å². The van der Waals surface area contributed by atoms with Crippen LogP contribution in [0.3, 0.4) is 0 Å². The molecule has 3 heterocycles. The molecule has 0 spiro atoms. The Bertz CT molecular complexity index is 1010. The molecule has 1 fully saturated rings. The number of rotatable bonds is 4. The molecule has 1 aliphatic rings. The number of piperidine rings is 1. The number of aromatic amines is 1. The first-order chi connectivity index (χ1) is 13.5. The van der Waals surface area contributed by atoms with Crippen LogP contribution in [0.15, 0.2) is 36.4 Å². The van der Waals surface area contributed by atoms with Crippen LogP contribution in [0.25, 0.3) is 22.2 Å². The first kappa shape index (κ1) is 18.3. The van der Waals surface area contributed by atoms with Crippen molar-refractivity contribution in [3.63, 3.8) is 0 Å². The van der Waals surface area contributed by atoms with Crippen LogP contribution in [0.2, 0.25) is 0 Å². The lowest BCUT2D eigenvalue weighted by molar-refractivity contribution is -0.148. The van der Waals surface area contributed by atoms with Crippen LogP contribution in [0.4, 0.5) is 10.2 Å². The molecular formula is C21H22FN3O3. The van der Waals surface area contributed by atoms with Gasteiger partial charge in [0.1, 0.15) is 11.6 Å². The molecule has 1 saturated heterocycles. The van der Waals surface area contributed by atoms with Crippen molar-refractivity contribution < 1.29 is 19.0 Å². The normalized spacial score (nSPS) is 15.1. The van der Waals surface area contributed by atoms with Crippen LogP contribution >= 0.6 is 0 Å². The SMILES string of the molecule is CCOC(=O)C1CCN(c2ccc(-c3cc4cc(O)ccc4[nH]3)c(F)n2)CC1. The largest absolute Gasteiger partial charge is 0.508 e. The van der Waals surface area contributed by atoms with Gasteiger partial charge in [-0.25, -0.2) is 4.98 Å². The molecule has 0 aliphatic carbocycles. The van der Waals surface area contributed by atoms with Gasteiger partial charge >= 0.3 is 5.97 Å². The van der Waals surface area contributed by atoms with Crippen molar-refractivity contribution in [3.05, 3.63) is 42.3 Å². The molecule has 0 atom stereocenters. The monoisotopic (exact) mass is 383 g/mol. The van der Waals surface area contributed by atoms with E-state index in [1.807, 2.05) is 4.90 Å². The number of phenolic OH excluding ortho intramolecular Hbond substituents is 1. The Kier molecular flexibility index (Phi) is 4.90. The fraction of sp³-hybridized carbons (Fsp3) is 0.333. The molecule has 146 valence electrons. The van der Waals surface area contributed by atoms with Crippen LogP contribution in [0.5, 0.6) is 5.75 Å². The van der Waals surface area contributed by atoms with E-state index in [1.54, 1.807) is 43.3 Å². The quantitative estimate of drug-likeness (QED) is 0.528. The van der Waals surface area contributed by atoms with Crippen molar-refractivity contribution in [2.45, 2.75) is 19.8 Å². The first-order valence-electron chi connectivity index (χ1n) is 9.45. The number of H-pyrrole nitrogens is 1. The molecule has 1 aliphatic heterocycles. The minimum Gasteiger partial charge on any atom is -0.508 e. The molecular weight excluding hydrogens is 361 g/mol. The fourth-order valence-corrected chi connectivity index (χ4v) is 3.67. The van der Waals surface area contributed by atoms with Gasteiger partial charge in [-0.15, -0.1) is 0 Å². The lowest BCUT2D eigenvalue weighted by atomic mass is 9.97. The number of pyridine rings is 1. The van der Waals surface area contributed by atoms with Crippen molar-refractivity contribution in [1.82, 2.24) is 9.97 Å². The summed E-state index contributed by atoms with van der Waals surface area (Å²) < 4.78 is 19.8. The Hall–Kier alpha value is -3.09. The Labute approximate surface area is 162 Å². The fourth-order valence-electron chi connectivity index (χ4n) is 3.67. The van der Waals surface area contributed by atoms with Gasteiger partial charge in [-0.1, -0.05) is 0 Å². The van der Waals surface area contributed by atoms with E-state index in [9.17, 15) is 14.3 Å². The maximum absolute atomic E-state index is 14.7. The van der Waals surface area contributed by atoms with Crippen LogP contribution < -0.4 is 4.90 Å². The molecule has 0 unspecified atom stereocenters. The highest BCUT2D eigenvalue weighted by Crippen LogP contribution is 2.30. The third kappa shape index (κ3) is 3.52. The second-order valence-electron chi connectivity index (χ2n) is 6.98. The molecule has 0 bridgehead atoms. The number of aromatic nitrogens is 2. The topological polar surface area (TPSA) is 78.5 Å². The van der Waals surface area contributed by atoms with Crippen molar-refractivity contribution >= 4 is 22.7 Å². The third-order valence-electron chi connectivity index (χ3n) is 5.17. The van der Waals surface area contributed by atoms with E-state index in [-0.39, 0.29) is 17.6 Å². The van der Waals surface area contributed by atoms with Crippen LogP contribution in [0, 0.1) is 11.9 Å². The van der Waals surface area contributed by atoms with Gasteiger partial charge < -0.3 is 19.7 Å². The number of carbonyl (C=O) groups is 1. The van der Waals surface area contributed by atoms with Gasteiger partial charge in [0.2, 0.25) is 5.95 Å². The van der Waals surface area contributed by atoms with Crippen molar-refractivity contribution in [3.8, 4) is 17.0 Å². The molecule has 0 amide bonds. The number of anilines is 1. The Morgan fingerprint density at radius 2 is 2.07 bits per heavy atom. The first-order valence-corrected chi connectivity index (χ1v) is 9.45. The number of ether oxygens (including phenoxy) is 1. The summed E-state index contributed by atoms with van der Waals surface area (Å²) in [7, 11) is 0. The maximum Gasteiger partial charge on any atom is 0.309 e. The van der Waals surface area contributed by atoms with Gasteiger partial charge in [0.25, 0.3) is 0 Å². The number of esters is 1. The molecule has 4 rings (SSSR count). The number of hydrogen-bond donors (Lipinski definition) is 2. The molecule has 3 aromatic rings. The lowest BCUT2D eigenvalue weighted by Gasteiger charge is -2.31. The van der Waals surface area contributed by atoms with E-state index in [0.717, 1.165) is 10.9 Å². The Morgan fingerprint density at radius 3 is 2.79 bits per heavy atom. The predicted molar refractivity (Wildman–Crippen MR) is 105 cm³/mol. The summed E-state index contributed by atoms with van der Waals surface area (Å²) in [6, 6.07) is 10.3. The van der Waals surface area contributed by atoms with Crippen molar-refractivity contribution in [1.29, 1.82) is 0 Å². The zero-order valence-corrected chi connectivity index (χ0v) is 15.6. The van der Waals surface area contributed by atoms with E-state index in [1.165, 1.54) is 0 Å². The molecule has 0 radical (unpaired) electrons. The van der Waals surface area contributed by atoms with E-state index in [0.29, 0.717) is 49.6 Å². The number of nitrogens with one attached hydrogen (secondary N) is 1. The minimum atomic E-state index is -0.555. The van der Waals surface area contributed by atoms with Gasteiger partial charge in [0.15, 0.2) is 0 Å². The molecule has 28 heavy (non-hydrogen) atoms. The average molecular weight is 383 g/mol. The highest BCUT2D eigenvalue weighted by atomic mass is 19.1. The molecule has 0 saturated carbocycles. The van der Waals surface area contributed by atoms with E-state index < -0.39 is 5.95 Å². The lowest BCUT2D eigenvalue weighted by Crippen LogP contribution is -2.37. The van der Waals surface area contributed by atoms with Crippen molar-refractivity contribution in [2.24, 2.45) is 5.92 Å². The van der Waals surface area contributed by atoms with Crippen LogP contribution in [-0.2, 0) is 9.53 Å². The standard InChI is InChI=1S/C21H22FN3O3/c1-2-28-21(27)13-7-9-25(10-8-13)19-6-4-16(20(22)24-19)18-12-14-11-15(26)3-5-17(14)23-18/h3-6,11-13,23,26H,2,7-10H2,1H3.